The first-order chi connectivity index (χ1) is 14.7. The van der Waals surface area contributed by atoms with Gasteiger partial charge in [-0.3, -0.25) is 0 Å². The Morgan fingerprint density at radius 2 is 1.53 bits per heavy atom. The van der Waals surface area contributed by atoms with Crippen LogP contribution in [0.2, 0.25) is 0 Å². The van der Waals surface area contributed by atoms with Crippen molar-refractivity contribution in [2.45, 2.75) is 13.5 Å². The maximum absolute atomic E-state index is 4.55. The lowest BCUT2D eigenvalue weighted by molar-refractivity contribution is 0.818. The molecular weight excluding hydrogens is 376 g/mol. The van der Waals surface area contributed by atoms with Gasteiger partial charge in [-0.2, -0.15) is 4.98 Å². The van der Waals surface area contributed by atoms with Crippen LogP contribution >= 0.6 is 0 Å². The monoisotopic (exact) mass is 398 g/mol. The zero-order valence-electron chi connectivity index (χ0n) is 16.8. The molecule has 3 N–H and O–H groups in total. The summed E-state index contributed by atoms with van der Waals surface area (Å²) in [7, 11) is 1.93. The molecule has 0 saturated heterocycles. The molecule has 150 valence electrons. The van der Waals surface area contributed by atoms with Crippen molar-refractivity contribution in [3.8, 4) is 11.5 Å². The highest BCUT2D eigenvalue weighted by Gasteiger charge is 2.06. The van der Waals surface area contributed by atoms with Crippen molar-refractivity contribution in [3.63, 3.8) is 0 Å². The van der Waals surface area contributed by atoms with Crippen LogP contribution in [0, 0.1) is 6.92 Å². The number of nitrogens with one attached hydrogen (secondary N) is 3. The molecule has 4 aromatic rings. The van der Waals surface area contributed by atoms with Crippen LogP contribution in [0.3, 0.4) is 0 Å². The Labute approximate surface area is 174 Å². The van der Waals surface area contributed by atoms with Gasteiger partial charge in [-0.15, -0.1) is 0 Å². The zero-order valence-corrected chi connectivity index (χ0v) is 16.8. The van der Waals surface area contributed by atoms with Gasteiger partial charge in [0.05, 0.1) is 0 Å². The predicted molar refractivity (Wildman–Crippen MR) is 118 cm³/mol. The molecule has 8 nitrogen and oxygen atoms in total. The summed E-state index contributed by atoms with van der Waals surface area (Å²) in [6, 6.07) is 17.5. The maximum atomic E-state index is 4.55. The van der Waals surface area contributed by atoms with Crippen LogP contribution in [0.4, 0.5) is 23.3 Å². The molecule has 0 fully saturated rings. The summed E-state index contributed by atoms with van der Waals surface area (Å²) in [5.74, 6) is 2.30. The lowest BCUT2D eigenvalue weighted by Crippen LogP contribution is -2.05. The number of hydrogen-bond donors (Lipinski definition) is 3. The van der Waals surface area contributed by atoms with Gasteiger partial charge in [-0.05, 0) is 55.9 Å². The number of aromatic nitrogens is 5. The Hall–Kier alpha value is -3.91. The molecule has 3 heterocycles. The van der Waals surface area contributed by atoms with E-state index in [1.165, 1.54) is 5.56 Å². The number of hydrogen-bond acceptors (Lipinski definition) is 8. The fourth-order valence-electron chi connectivity index (χ4n) is 2.88. The predicted octanol–water partition coefficient (Wildman–Crippen LogP) is 3.84. The summed E-state index contributed by atoms with van der Waals surface area (Å²) in [5.41, 5.74) is 3.77. The highest BCUT2D eigenvalue weighted by Crippen LogP contribution is 2.19. The van der Waals surface area contributed by atoms with E-state index in [1.54, 1.807) is 24.5 Å². The summed E-state index contributed by atoms with van der Waals surface area (Å²) < 4.78 is 0. The van der Waals surface area contributed by atoms with Gasteiger partial charge < -0.3 is 16.0 Å². The molecule has 0 aliphatic heterocycles. The van der Waals surface area contributed by atoms with E-state index >= 15 is 0 Å². The van der Waals surface area contributed by atoms with Gasteiger partial charge in [0.2, 0.25) is 5.95 Å². The van der Waals surface area contributed by atoms with Crippen molar-refractivity contribution in [2.24, 2.45) is 0 Å². The largest absolute Gasteiger partial charge is 0.325 e. The van der Waals surface area contributed by atoms with Crippen LogP contribution in [0.15, 0.2) is 67.0 Å². The molecule has 4 rings (SSSR count). The highest BCUT2D eigenvalue weighted by molar-refractivity contribution is 5.59. The topological polar surface area (TPSA) is 101 Å². The lowest BCUT2D eigenvalue weighted by atomic mass is 10.2. The van der Waals surface area contributed by atoms with E-state index in [-0.39, 0.29) is 0 Å². The quantitative estimate of drug-likeness (QED) is 0.432. The van der Waals surface area contributed by atoms with Crippen molar-refractivity contribution in [1.29, 1.82) is 0 Å². The first-order valence-corrected chi connectivity index (χ1v) is 9.57. The van der Waals surface area contributed by atoms with E-state index in [1.807, 2.05) is 44.3 Å². The van der Waals surface area contributed by atoms with E-state index in [0.717, 1.165) is 23.6 Å². The van der Waals surface area contributed by atoms with Gasteiger partial charge in [-0.25, -0.2) is 19.9 Å². The molecular formula is C22H22N8. The molecule has 0 atom stereocenters. The second-order valence-corrected chi connectivity index (χ2v) is 6.67. The van der Waals surface area contributed by atoms with Crippen LogP contribution < -0.4 is 16.0 Å². The van der Waals surface area contributed by atoms with Crippen molar-refractivity contribution in [3.05, 3.63) is 78.2 Å². The Morgan fingerprint density at radius 1 is 0.767 bits per heavy atom. The first-order valence-electron chi connectivity index (χ1n) is 9.57. The summed E-state index contributed by atoms with van der Waals surface area (Å²) in [4.78, 5) is 22.2. The number of rotatable bonds is 7. The van der Waals surface area contributed by atoms with Gasteiger partial charge in [0.15, 0.2) is 5.82 Å². The van der Waals surface area contributed by atoms with Crippen LogP contribution in [-0.4, -0.2) is 32.0 Å². The highest BCUT2D eigenvalue weighted by atomic mass is 15.2. The molecule has 0 aliphatic carbocycles. The summed E-state index contributed by atoms with van der Waals surface area (Å²) in [6.45, 7) is 2.77. The number of pyridine rings is 1. The van der Waals surface area contributed by atoms with Gasteiger partial charge in [0.1, 0.15) is 17.3 Å². The number of aryl methyl sites for hydroxylation is 1. The standard InChI is InChI=1S/C22H22N8/c1-15-4-3-5-18(26-15)21-24-12-10-19(29-21)28-20-11-13-25-22(30-20)27-17-8-6-16(7-9-17)14-23-2/h3-13,23H,14H2,1-2H3,(H2,24,25,27,28,29,30). The van der Waals surface area contributed by atoms with E-state index in [9.17, 15) is 0 Å². The Kier molecular flexibility index (Phi) is 5.86. The lowest BCUT2D eigenvalue weighted by Gasteiger charge is -2.09. The maximum Gasteiger partial charge on any atom is 0.229 e. The van der Waals surface area contributed by atoms with E-state index < -0.39 is 0 Å². The number of anilines is 4. The molecule has 0 bridgehead atoms. The molecule has 1 aromatic carbocycles. The normalized spacial score (nSPS) is 10.6. The number of nitrogens with zero attached hydrogens (tertiary/aromatic N) is 5. The molecule has 3 aromatic heterocycles. The molecule has 0 saturated carbocycles. The van der Waals surface area contributed by atoms with E-state index in [0.29, 0.717) is 23.4 Å². The van der Waals surface area contributed by atoms with Crippen molar-refractivity contribution >= 4 is 23.3 Å². The van der Waals surface area contributed by atoms with Crippen LogP contribution in [0.5, 0.6) is 0 Å². The minimum Gasteiger partial charge on any atom is -0.325 e. The second kappa shape index (κ2) is 9.06. The van der Waals surface area contributed by atoms with Gasteiger partial charge in [0.25, 0.3) is 0 Å². The molecule has 0 aliphatic rings. The van der Waals surface area contributed by atoms with E-state index in [4.69, 9.17) is 0 Å². The fraction of sp³-hybridized carbons (Fsp3) is 0.136. The van der Waals surface area contributed by atoms with Crippen LogP contribution in [0.1, 0.15) is 11.3 Å². The molecule has 0 radical (unpaired) electrons. The average Bonchev–Trinajstić information content (AvgIpc) is 2.76. The molecule has 0 unspecified atom stereocenters. The average molecular weight is 398 g/mol. The molecule has 30 heavy (non-hydrogen) atoms. The third kappa shape index (κ3) is 4.92. The second-order valence-electron chi connectivity index (χ2n) is 6.67. The molecule has 0 amide bonds. The number of benzene rings is 1. The molecule has 8 heteroatoms. The smallest absolute Gasteiger partial charge is 0.229 e. The Balaban J connectivity index is 1.49. The minimum absolute atomic E-state index is 0.496. The first kappa shape index (κ1) is 19.4. The van der Waals surface area contributed by atoms with Crippen molar-refractivity contribution in [2.75, 3.05) is 17.7 Å². The Morgan fingerprint density at radius 3 is 2.30 bits per heavy atom. The minimum atomic E-state index is 0.496. The summed E-state index contributed by atoms with van der Waals surface area (Å²) in [6.07, 6.45) is 3.39. The van der Waals surface area contributed by atoms with Gasteiger partial charge in [-0.1, -0.05) is 18.2 Å². The Bertz CT molecular complexity index is 1130. The summed E-state index contributed by atoms with van der Waals surface area (Å²) in [5, 5.41) is 9.55. The third-order valence-electron chi connectivity index (χ3n) is 4.28. The van der Waals surface area contributed by atoms with Crippen LogP contribution in [-0.2, 0) is 6.54 Å². The van der Waals surface area contributed by atoms with Gasteiger partial charge in [0, 0.05) is 30.3 Å². The summed E-state index contributed by atoms with van der Waals surface area (Å²) >= 11 is 0. The van der Waals surface area contributed by atoms with E-state index in [2.05, 4.69) is 53.0 Å². The van der Waals surface area contributed by atoms with Crippen molar-refractivity contribution < 1.29 is 0 Å². The zero-order chi connectivity index (χ0) is 20.8. The van der Waals surface area contributed by atoms with Gasteiger partial charge >= 0.3 is 0 Å². The third-order valence-corrected chi connectivity index (χ3v) is 4.28. The van der Waals surface area contributed by atoms with Crippen molar-refractivity contribution in [1.82, 2.24) is 30.2 Å². The fourth-order valence-corrected chi connectivity index (χ4v) is 2.88. The molecule has 0 spiro atoms. The van der Waals surface area contributed by atoms with Crippen LogP contribution in [0.25, 0.3) is 11.5 Å². The SMILES string of the molecule is CNCc1ccc(Nc2nccc(Nc3ccnc(-c4cccc(C)n4)n3)n2)cc1.